The molecule has 6 heteroatoms. The van der Waals surface area contributed by atoms with Gasteiger partial charge in [-0.25, -0.2) is 4.79 Å². The maximum atomic E-state index is 11.4. The SMILES string of the molecule is CC(C)(C)OC(=O)NCCCNc1nc2ccccc2o1. The molecule has 2 rings (SSSR count). The monoisotopic (exact) mass is 291 g/mol. The van der Waals surface area contributed by atoms with E-state index in [-0.39, 0.29) is 0 Å². The summed E-state index contributed by atoms with van der Waals surface area (Å²) < 4.78 is 10.7. The molecule has 0 radical (unpaired) electrons. The molecule has 1 aromatic carbocycles. The first-order valence-electron chi connectivity index (χ1n) is 7.00. The summed E-state index contributed by atoms with van der Waals surface area (Å²) in [5.41, 5.74) is 1.11. The minimum atomic E-state index is -0.472. The highest BCUT2D eigenvalue weighted by atomic mass is 16.6. The van der Waals surface area contributed by atoms with Crippen LogP contribution in [0, 0.1) is 0 Å². The van der Waals surface area contributed by atoms with Crippen LogP contribution in [0.2, 0.25) is 0 Å². The number of benzene rings is 1. The van der Waals surface area contributed by atoms with Gasteiger partial charge >= 0.3 is 6.09 Å². The third kappa shape index (κ3) is 4.98. The van der Waals surface area contributed by atoms with Crippen LogP contribution in [0.15, 0.2) is 28.7 Å². The number of hydrogen-bond donors (Lipinski definition) is 2. The number of para-hydroxylation sites is 2. The van der Waals surface area contributed by atoms with Crippen molar-refractivity contribution in [3.63, 3.8) is 0 Å². The zero-order valence-corrected chi connectivity index (χ0v) is 12.6. The summed E-state index contributed by atoms with van der Waals surface area (Å²) in [7, 11) is 0. The number of anilines is 1. The molecule has 0 saturated carbocycles. The van der Waals surface area contributed by atoms with Crippen molar-refractivity contribution in [3.8, 4) is 0 Å². The van der Waals surface area contributed by atoms with E-state index in [1.165, 1.54) is 0 Å². The van der Waals surface area contributed by atoms with Crippen molar-refractivity contribution in [1.29, 1.82) is 0 Å². The molecule has 0 unspecified atom stereocenters. The molecule has 2 N–H and O–H groups in total. The number of ether oxygens (including phenoxy) is 1. The number of amides is 1. The average molecular weight is 291 g/mol. The number of aromatic nitrogens is 1. The number of alkyl carbamates (subject to hydrolysis) is 1. The summed E-state index contributed by atoms with van der Waals surface area (Å²) in [4.78, 5) is 15.7. The van der Waals surface area contributed by atoms with E-state index in [9.17, 15) is 4.79 Å². The zero-order valence-electron chi connectivity index (χ0n) is 12.6. The molecule has 0 saturated heterocycles. The fraction of sp³-hybridized carbons (Fsp3) is 0.467. The zero-order chi connectivity index (χ0) is 15.3. The largest absolute Gasteiger partial charge is 0.444 e. The van der Waals surface area contributed by atoms with Crippen LogP contribution < -0.4 is 10.6 Å². The van der Waals surface area contributed by atoms with E-state index in [0.717, 1.165) is 17.5 Å². The fourth-order valence-electron chi connectivity index (χ4n) is 1.74. The van der Waals surface area contributed by atoms with Gasteiger partial charge in [0.2, 0.25) is 0 Å². The fourth-order valence-corrected chi connectivity index (χ4v) is 1.74. The Labute approximate surface area is 123 Å². The van der Waals surface area contributed by atoms with Gasteiger partial charge in [0.25, 0.3) is 6.01 Å². The molecule has 0 aliphatic heterocycles. The van der Waals surface area contributed by atoms with Crippen molar-refractivity contribution in [1.82, 2.24) is 10.3 Å². The van der Waals surface area contributed by atoms with Crippen LogP contribution >= 0.6 is 0 Å². The van der Waals surface area contributed by atoms with E-state index in [0.29, 0.717) is 19.1 Å². The summed E-state index contributed by atoms with van der Waals surface area (Å²) >= 11 is 0. The quantitative estimate of drug-likeness (QED) is 0.828. The third-order valence-electron chi connectivity index (χ3n) is 2.59. The second-order valence-corrected chi connectivity index (χ2v) is 5.70. The van der Waals surface area contributed by atoms with Crippen LogP contribution in [0.1, 0.15) is 27.2 Å². The maximum Gasteiger partial charge on any atom is 0.407 e. The Morgan fingerprint density at radius 1 is 1.29 bits per heavy atom. The van der Waals surface area contributed by atoms with Crippen molar-refractivity contribution in [3.05, 3.63) is 24.3 Å². The molecule has 0 aliphatic carbocycles. The Balaban J connectivity index is 1.67. The second-order valence-electron chi connectivity index (χ2n) is 5.70. The Morgan fingerprint density at radius 3 is 2.76 bits per heavy atom. The summed E-state index contributed by atoms with van der Waals surface area (Å²) in [6.45, 7) is 6.69. The first-order chi connectivity index (χ1) is 9.94. The van der Waals surface area contributed by atoms with Crippen LogP contribution in [0.3, 0.4) is 0 Å². The van der Waals surface area contributed by atoms with Crippen molar-refractivity contribution in [2.24, 2.45) is 0 Å². The van der Waals surface area contributed by atoms with Crippen molar-refractivity contribution >= 4 is 23.2 Å². The minimum absolute atomic E-state index is 0.399. The van der Waals surface area contributed by atoms with Gasteiger partial charge in [0, 0.05) is 13.1 Å². The van der Waals surface area contributed by atoms with Crippen molar-refractivity contribution in [2.45, 2.75) is 32.8 Å². The lowest BCUT2D eigenvalue weighted by atomic mass is 10.2. The van der Waals surface area contributed by atoms with E-state index in [1.54, 1.807) is 0 Å². The van der Waals surface area contributed by atoms with Gasteiger partial charge in [-0.3, -0.25) is 0 Å². The van der Waals surface area contributed by atoms with Gasteiger partial charge in [-0.05, 0) is 39.3 Å². The number of rotatable bonds is 5. The molecule has 21 heavy (non-hydrogen) atoms. The van der Waals surface area contributed by atoms with E-state index < -0.39 is 11.7 Å². The van der Waals surface area contributed by atoms with Crippen molar-refractivity contribution in [2.75, 3.05) is 18.4 Å². The van der Waals surface area contributed by atoms with Gasteiger partial charge in [0.05, 0.1) is 0 Å². The molecule has 0 bridgehead atoms. The lowest BCUT2D eigenvalue weighted by Gasteiger charge is -2.19. The number of fused-ring (bicyclic) bond motifs is 1. The van der Waals surface area contributed by atoms with Gasteiger partial charge in [-0.15, -0.1) is 0 Å². The summed E-state index contributed by atoms with van der Waals surface area (Å²) in [6.07, 6.45) is 0.349. The molecule has 0 atom stereocenters. The number of oxazole rings is 1. The van der Waals surface area contributed by atoms with Crippen molar-refractivity contribution < 1.29 is 13.9 Å². The molecule has 1 aromatic heterocycles. The highest BCUT2D eigenvalue weighted by molar-refractivity contribution is 5.74. The number of nitrogens with zero attached hydrogens (tertiary/aromatic N) is 1. The minimum Gasteiger partial charge on any atom is -0.444 e. The number of hydrogen-bond acceptors (Lipinski definition) is 5. The molecule has 0 fully saturated rings. The standard InChI is InChI=1S/C15H21N3O3/c1-15(2,3)21-14(19)17-10-6-9-16-13-18-11-7-4-5-8-12(11)20-13/h4-5,7-8H,6,9-10H2,1-3H3,(H,16,18)(H,17,19). The van der Waals surface area contributed by atoms with Crippen LogP contribution in [-0.2, 0) is 4.74 Å². The molecular weight excluding hydrogens is 270 g/mol. The van der Waals surface area contributed by atoms with E-state index in [4.69, 9.17) is 9.15 Å². The summed E-state index contributed by atoms with van der Waals surface area (Å²) in [5, 5.41) is 5.79. The van der Waals surface area contributed by atoms with Crippen LogP contribution in [0.5, 0.6) is 0 Å². The van der Waals surface area contributed by atoms with E-state index in [1.807, 2.05) is 45.0 Å². The molecule has 6 nitrogen and oxygen atoms in total. The van der Waals surface area contributed by atoms with Crippen LogP contribution in [0.25, 0.3) is 11.1 Å². The van der Waals surface area contributed by atoms with Gasteiger partial charge in [0.1, 0.15) is 11.1 Å². The van der Waals surface area contributed by atoms with Gasteiger partial charge in [-0.2, -0.15) is 4.98 Å². The Bertz CT molecular complexity index is 568. The normalized spacial score (nSPS) is 11.4. The van der Waals surface area contributed by atoms with Crippen LogP contribution in [-0.4, -0.2) is 29.8 Å². The highest BCUT2D eigenvalue weighted by Crippen LogP contribution is 2.17. The number of nitrogens with one attached hydrogen (secondary N) is 2. The van der Waals surface area contributed by atoms with E-state index in [2.05, 4.69) is 15.6 Å². The Kier molecular flexibility index (Phi) is 4.67. The van der Waals surface area contributed by atoms with Gasteiger partial charge in [0.15, 0.2) is 5.58 Å². The molecule has 114 valence electrons. The van der Waals surface area contributed by atoms with Crippen LogP contribution in [0.4, 0.5) is 10.8 Å². The summed E-state index contributed by atoms with van der Waals surface area (Å²) in [5.74, 6) is 0. The molecule has 0 aliphatic rings. The summed E-state index contributed by atoms with van der Waals surface area (Å²) in [6, 6.07) is 8.08. The molecule has 1 heterocycles. The predicted molar refractivity (Wildman–Crippen MR) is 81.4 cm³/mol. The third-order valence-corrected chi connectivity index (χ3v) is 2.59. The average Bonchev–Trinajstić information content (AvgIpc) is 2.78. The highest BCUT2D eigenvalue weighted by Gasteiger charge is 2.15. The second kappa shape index (κ2) is 6.47. The molecule has 1 amide bonds. The first-order valence-corrected chi connectivity index (χ1v) is 7.00. The van der Waals surface area contributed by atoms with Gasteiger partial charge < -0.3 is 19.8 Å². The van der Waals surface area contributed by atoms with Gasteiger partial charge in [-0.1, -0.05) is 12.1 Å². The molecular formula is C15H21N3O3. The first kappa shape index (κ1) is 15.2. The smallest absolute Gasteiger partial charge is 0.407 e. The molecule has 0 spiro atoms. The number of carbonyl (C=O) groups excluding carboxylic acids is 1. The predicted octanol–water partition coefficient (Wildman–Crippen LogP) is 3.15. The Morgan fingerprint density at radius 2 is 2.05 bits per heavy atom. The topological polar surface area (TPSA) is 76.4 Å². The maximum absolute atomic E-state index is 11.4. The number of carbonyl (C=O) groups is 1. The van der Waals surface area contributed by atoms with E-state index >= 15 is 0 Å². The lowest BCUT2D eigenvalue weighted by molar-refractivity contribution is 0.0528. The Hall–Kier alpha value is -2.24. The molecule has 2 aromatic rings. The lowest BCUT2D eigenvalue weighted by Crippen LogP contribution is -2.33.